The molecule has 1 aliphatic heterocycles. The van der Waals surface area contributed by atoms with Gasteiger partial charge in [-0.05, 0) is 24.5 Å². The Balaban J connectivity index is 1.63. The van der Waals surface area contributed by atoms with Crippen molar-refractivity contribution in [2.24, 2.45) is 11.7 Å². The summed E-state index contributed by atoms with van der Waals surface area (Å²) in [6.45, 7) is 0.797. The van der Waals surface area contributed by atoms with E-state index in [4.69, 9.17) is 5.73 Å². The van der Waals surface area contributed by atoms with Crippen LogP contribution >= 0.6 is 0 Å². The molecule has 0 aromatic carbocycles. The molecule has 1 atom stereocenters. The first kappa shape index (κ1) is 17.4. The first-order valence-electron chi connectivity index (χ1n) is 8.79. The fraction of sp³-hybridized carbons (Fsp3) is 0.556. The fourth-order valence-electron chi connectivity index (χ4n) is 3.74. The van der Waals surface area contributed by atoms with E-state index in [0.717, 1.165) is 24.8 Å². The Morgan fingerprint density at radius 1 is 1.32 bits per heavy atom. The van der Waals surface area contributed by atoms with Crippen LogP contribution < -0.4 is 11.1 Å². The second kappa shape index (κ2) is 7.21. The Morgan fingerprint density at radius 3 is 2.72 bits per heavy atom. The zero-order chi connectivity index (χ0) is 17.9. The van der Waals surface area contributed by atoms with Crippen molar-refractivity contribution in [3.05, 3.63) is 30.1 Å². The number of pyridine rings is 1. The van der Waals surface area contributed by atoms with E-state index in [1.54, 1.807) is 17.3 Å². The summed E-state index contributed by atoms with van der Waals surface area (Å²) in [6.07, 6.45) is 7.51. The van der Waals surface area contributed by atoms with E-state index in [1.165, 1.54) is 0 Å². The number of hydrogen-bond acceptors (Lipinski definition) is 4. The van der Waals surface area contributed by atoms with Crippen LogP contribution in [0.25, 0.3) is 0 Å². The lowest BCUT2D eigenvalue weighted by molar-refractivity contribution is -0.135. The van der Waals surface area contributed by atoms with Gasteiger partial charge in [0, 0.05) is 31.9 Å². The molecule has 0 radical (unpaired) electrons. The summed E-state index contributed by atoms with van der Waals surface area (Å²) in [7, 11) is 0. The minimum atomic E-state index is -0.949. The van der Waals surface area contributed by atoms with Gasteiger partial charge in [-0.1, -0.05) is 25.3 Å². The summed E-state index contributed by atoms with van der Waals surface area (Å²) >= 11 is 0. The number of hydrogen-bond donors (Lipinski definition) is 2. The van der Waals surface area contributed by atoms with Gasteiger partial charge in [-0.25, -0.2) is 0 Å². The number of nitrogens with zero attached hydrogens (tertiary/aromatic N) is 2. The summed E-state index contributed by atoms with van der Waals surface area (Å²) in [5.74, 6) is -1.22. The van der Waals surface area contributed by atoms with Crippen LogP contribution in [0.2, 0.25) is 0 Å². The van der Waals surface area contributed by atoms with Crippen molar-refractivity contribution in [1.29, 1.82) is 0 Å². The normalized spacial score (nSPS) is 22.6. The van der Waals surface area contributed by atoms with Crippen LogP contribution in [0.15, 0.2) is 24.5 Å². The molecule has 2 fully saturated rings. The predicted octanol–water partition coefficient (Wildman–Crippen LogP) is 0.734. The molecule has 1 aromatic rings. The molecule has 0 spiro atoms. The number of rotatable bonds is 5. The number of nitrogens with one attached hydrogen (secondary N) is 1. The minimum Gasteiger partial charge on any atom is -0.368 e. The first-order valence-corrected chi connectivity index (χ1v) is 8.79. The van der Waals surface area contributed by atoms with E-state index >= 15 is 0 Å². The Hall–Kier alpha value is -2.44. The number of carbonyl (C=O) groups excluding carboxylic acids is 3. The molecule has 7 nitrogen and oxygen atoms in total. The summed E-state index contributed by atoms with van der Waals surface area (Å²) in [6, 6.07) is 3.72. The highest BCUT2D eigenvalue weighted by molar-refractivity contribution is 5.94. The van der Waals surface area contributed by atoms with Crippen molar-refractivity contribution >= 4 is 17.7 Å². The summed E-state index contributed by atoms with van der Waals surface area (Å²) in [5.41, 5.74) is 5.55. The van der Waals surface area contributed by atoms with Gasteiger partial charge < -0.3 is 16.0 Å². The van der Waals surface area contributed by atoms with Crippen LogP contribution in [0.3, 0.4) is 0 Å². The standard InChI is InChI=1S/C18H24N4O3/c19-17(25)18(6-2-1-3-7-18)21-16(24)14-9-15(23)22(12-14)11-13-5-4-8-20-10-13/h4-5,8,10,14H,1-3,6-7,9,11-12H2,(H2,19,25)(H,21,24)/t14-/m0/s1. The maximum atomic E-state index is 12.7. The van der Waals surface area contributed by atoms with Crippen molar-refractivity contribution in [3.8, 4) is 0 Å². The van der Waals surface area contributed by atoms with E-state index in [0.29, 0.717) is 25.9 Å². The second-order valence-corrected chi connectivity index (χ2v) is 7.03. The molecule has 1 saturated heterocycles. The lowest BCUT2D eigenvalue weighted by Crippen LogP contribution is -2.59. The quantitative estimate of drug-likeness (QED) is 0.821. The van der Waals surface area contributed by atoms with Crippen LogP contribution in [-0.4, -0.2) is 39.7 Å². The van der Waals surface area contributed by atoms with Crippen LogP contribution in [0, 0.1) is 5.92 Å². The predicted molar refractivity (Wildman–Crippen MR) is 90.9 cm³/mol. The Morgan fingerprint density at radius 2 is 2.08 bits per heavy atom. The van der Waals surface area contributed by atoms with Gasteiger partial charge >= 0.3 is 0 Å². The Labute approximate surface area is 147 Å². The first-order chi connectivity index (χ1) is 12.0. The monoisotopic (exact) mass is 344 g/mol. The van der Waals surface area contributed by atoms with Crippen molar-refractivity contribution < 1.29 is 14.4 Å². The molecule has 2 heterocycles. The van der Waals surface area contributed by atoms with E-state index in [2.05, 4.69) is 10.3 Å². The third kappa shape index (κ3) is 3.81. The van der Waals surface area contributed by atoms with E-state index in [9.17, 15) is 14.4 Å². The van der Waals surface area contributed by atoms with Gasteiger partial charge in [0.05, 0.1) is 5.92 Å². The summed E-state index contributed by atoms with van der Waals surface area (Å²) in [5, 5.41) is 2.87. The SMILES string of the molecule is NC(=O)C1(NC(=O)[C@H]2CC(=O)N(Cc3cccnc3)C2)CCCCC1. The van der Waals surface area contributed by atoms with Gasteiger partial charge in [-0.2, -0.15) is 0 Å². The molecule has 3 rings (SSSR count). The molecule has 3 amide bonds. The molecule has 7 heteroatoms. The molecule has 0 unspecified atom stereocenters. The number of nitrogens with two attached hydrogens (primary N) is 1. The average molecular weight is 344 g/mol. The van der Waals surface area contributed by atoms with E-state index < -0.39 is 17.4 Å². The second-order valence-electron chi connectivity index (χ2n) is 7.03. The number of carbonyl (C=O) groups is 3. The van der Waals surface area contributed by atoms with E-state index in [1.807, 2.05) is 12.1 Å². The molecule has 1 aliphatic carbocycles. The maximum Gasteiger partial charge on any atom is 0.243 e. The third-order valence-electron chi connectivity index (χ3n) is 5.22. The summed E-state index contributed by atoms with van der Waals surface area (Å²) in [4.78, 5) is 42.5. The van der Waals surface area contributed by atoms with Gasteiger partial charge in [0.1, 0.15) is 5.54 Å². The Kier molecular flexibility index (Phi) is 5.01. The molecule has 1 saturated carbocycles. The third-order valence-corrected chi connectivity index (χ3v) is 5.22. The minimum absolute atomic E-state index is 0.0548. The van der Waals surface area contributed by atoms with Crippen LogP contribution in [0.5, 0.6) is 0 Å². The molecule has 134 valence electrons. The zero-order valence-corrected chi connectivity index (χ0v) is 14.2. The van der Waals surface area contributed by atoms with Gasteiger partial charge in [-0.3, -0.25) is 19.4 Å². The van der Waals surface area contributed by atoms with Crippen LogP contribution in [0.4, 0.5) is 0 Å². The maximum absolute atomic E-state index is 12.7. The molecular formula is C18H24N4O3. The molecule has 0 bridgehead atoms. The number of likely N-dealkylation sites (tertiary alicyclic amines) is 1. The van der Waals surface area contributed by atoms with Gasteiger partial charge in [0.15, 0.2) is 0 Å². The molecule has 3 N–H and O–H groups in total. The lowest BCUT2D eigenvalue weighted by atomic mass is 9.80. The molecule has 25 heavy (non-hydrogen) atoms. The number of primary amides is 1. The van der Waals surface area contributed by atoms with E-state index in [-0.39, 0.29) is 18.2 Å². The zero-order valence-electron chi connectivity index (χ0n) is 14.2. The van der Waals surface area contributed by atoms with Crippen molar-refractivity contribution in [1.82, 2.24) is 15.2 Å². The molecule has 1 aromatic heterocycles. The highest BCUT2D eigenvalue weighted by Crippen LogP contribution is 2.29. The molecule has 2 aliphatic rings. The average Bonchev–Trinajstić information content (AvgIpc) is 2.97. The largest absolute Gasteiger partial charge is 0.368 e. The van der Waals surface area contributed by atoms with Crippen molar-refractivity contribution in [2.45, 2.75) is 50.6 Å². The van der Waals surface area contributed by atoms with Crippen LogP contribution in [-0.2, 0) is 20.9 Å². The highest BCUT2D eigenvalue weighted by atomic mass is 16.2. The Bertz CT molecular complexity index is 656. The van der Waals surface area contributed by atoms with Gasteiger partial charge in [-0.15, -0.1) is 0 Å². The summed E-state index contributed by atoms with van der Waals surface area (Å²) < 4.78 is 0. The van der Waals surface area contributed by atoms with Crippen LogP contribution in [0.1, 0.15) is 44.1 Å². The lowest BCUT2D eigenvalue weighted by Gasteiger charge is -2.35. The van der Waals surface area contributed by atoms with Gasteiger partial charge in [0.2, 0.25) is 17.7 Å². The van der Waals surface area contributed by atoms with Crippen molar-refractivity contribution in [3.63, 3.8) is 0 Å². The fourth-order valence-corrected chi connectivity index (χ4v) is 3.74. The van der Waals surface area contributed by atoms with Gasteiger partial charge in [0.25, 0.3) is 0 Å². The highest BCUT2D eigenvalue weighted by Gasteiger charge is 2.42. The number of amides is 3. The number of aromatic nitrogens is 1. The molecular weight excluding hydrogens is 320 g/mol. The van der Waals surface area contributed by atoms with Crippen molar-refractivity contribution in [2.75, 3.05) is 6.54 Å². The smallest absolute Gasteiger partial charge is 0.243 e. The topological polar surface area (TPSA) is 105 Å².